The minimum absolute atomic E-state index is 0.285. The lowest BCUT2D eigenvalue weighted by Gasteiger charge is -2.21. The van der Waals surface area contributed by atoms with Crippen LogP contribution in [0.4, 0.5) is 23.2 Å². The summed E-state index contributed by atoms with van der Waals surface area (Å²) >= 11 is 0. The number of carbonyl (C=O) groups excluding carboxylic acids is 1. The lowest BCUT2D eigenvalue weighted by atomic mass is 10.0. The monoisotopic (exact) mass is 483 g/mol. The Hall–Kier alpha value is -4.01. The fourth-order valence-corrected chi connectivity index (χ4v) is 3.99. The summed E-state index contributed by atoms with van der Waals surface area (Å²) < 4.78 is 55.0. The zero-order valence-electron chi connectivity index (χ0n) is 18.9. The molecule has 0 aliphatic carbocycles. The summed E-state index contributed by atoms with van der Waals surface area (Å²) in [6.45, 7) is 1.85. The first-order valence-corrected chi connectivity index (χ1v) is 10.8. The maximum absolute atomic E-state index is 14.4. The summed E-state index contributed by atoms with van der Waals surface area (Å²) in [6.07, 6.45) is -2.18. The molecule has 0 spiro atoms. The van der Waals surface area contributed by atoms with Crippen LogP contribution in [0, 0.1) is 5.82 Å². The number of amides is 1. The quantitative estimate of drug-likeness (QED) is 0.359. The van der Waals surface area contributed by atoms with Crippen molar-refractivity contribution in [2.75, 3.05) is 11.9 Å². The van der Waals surface area contributed by atoms with Gasteiger partial charge in [-0.2, -0.15) is 13.2 Å². The van der Waals surface area contributed by atoms with E-state index in [-0.39, 0.29) is 17.2 Å². The molecular formula is C26H21F4N3O2. The molecule has 4 rings (SSSR count). The number of nitrogens with zero attached hydrogens (tertiary/aromatic N) is 3. The van der Waals surface area contributed by atoms with Crippen LogP contribution in [0.25, 0.3) is 10.8 Å². The van der Waals surface area contributed by atoms with Crippen molar-refractivity contribution in [3.8, 4) is 0 Å². The van der Waals surface area contributed by atoms with Gasteiger partial charge in [0.15, 0.2) is 0 Å². The van der Waals surface area contributed by atoms with Crippen molar-refractivity contribution in [3.05, 3.63) is 106 Å². The minimum Gasteiger partial charge on any atom is -0.315 e. The first kappa shape index (κ1) is 24.1. The maximum Gasteiger partial charge on any atom is 0.419 e. The van der Waals surface area contributed by atoms with Crippen LogP contribution in [0.1, 0.15) is 29.8 Å². The van der Waals surface area contributed by atoms with E-state index < -0.39 is 29.9 Å². The third kappa shape index (κ3) is 4.66. The van der Waals surface area contributed by atoms with Crippen LogP contribution in [0.3, 0.4) is 0 Å². The standard InChI is InChI=1S/C26H21F4N3O2/c1-16(21-10-3-4-13-31-21)33-14-12-18-19(25(33)35)8-6-11-22(18)32(2)23(34)15-17-7-5-9-20(24(17)27)26(28,29)30/h3-14,16H,15H2,1-2H3. The number of aromatic nitrogens is 2. The Morgan fingerprint density at radius 3 is 2.46 bits per heavy atom. The van der Waals surface area contributed by atoms with E-state index in [4.69, 9.17) is 0 Å². The molecule has 1 amide bonds. The topological polar surface area (TPSA) is 55.2 Å². The number of fused-ring (bicyclic) bond motifs is 1. The molecule has 0 saturated carbocycles. The largest absolute Gasteiger partial charge is 0.419 e. The molecule has 0 N–H and O–H groups in total. The molecule has 9 heteroatoms. The van der Waals surface area contributed by atoms with Crippen LogP contribution in [0.5, 0.6) is 0 Å². The first-order valence-electron chi connectivity index (χ1n) is 10.8. The second kappa shape index (κ2) is 9.32. The van der Waals surface area contributed by atoms with Crippen LogP contribution in [0.15, 0.2) is 77.9 Å². The number of benzene rings is 2. The van der Waals surface area contributed by atoms with Gasteiger partial charge in [-0.3, -0.25) is 14.6 Å². The van der Waals surface area contributed by atoms with Gasteiger partial charge in [-0.15, -0.1) is 0 Å². The lowest BCUT2D eigenvalue weighted by molar-refractivity contribution is -0.140. The normalized spacial score (nSPS) is 12.5. The summed E-state index contributed by atoms with van der Waals surface area (Å²) in [7, 11) is 1.44. The summed E-state index contributed by atoms with van der Waals surface area (Å²) in [4.78, 5) is 31.6. The number of pyridine rings is 2. The number of carbonyl (C=O) groups is 1. The van der Waals surface area contributed by atoms with Crippen molar-refractivity contribution < 1.29 is 22.4 Å². The first-order chi connectivity index (χ1) is 16.6. The van der Waals surface area contributed by atoms with Crippen LogP contribution in [0.2, 0.25) is 0 Å². The Labute approximate surface area is 198 Å². The molecular weight excluding hydrogens is 462 g/mol. The predicted molar refractivity (Wildman–Crippen MR) is 125 cm³/mol. The molecule has 0 aliphatic rings. The van der Waals surface area contributed by atoms with Crippen molar-refractivity contribution in [2.45, 2.75) is 25.6 Å². The molecule has 0 radical (unpaired) electrons. The average Bonchev–Trinajstić information content (AvgIpc) is 2.84. The van der Waals surface area contributed by atoms with Crippen LogP contribution in [-0.4, -0.2) is 22.5 Å². The average molecular weight is 483 g/mol. The van der Waals surface area contributed by atoms with Gasteiger partial charge in [0, 0.05) is 30.2 Å². The van der Waals surface area contributed by atoms with Gasteiger partial charge in [-0.1, -0.05) is 24.3 Å². The molecule has 2 aromatic heterocycles. The molecule has 0 aliphatic heterocycles. The van der Waals surface area contributed by atoms with Gasteiger partial charge in [-0.05, 0) is 48.9 Å². The van der Waals surface area contributed by atoms with Gasteiger partial charge in [0.1, 0.15) is 5.82 Å². The molecule has 1 atom stereocenters. The Balaban J connectivity index is 1.67. The Kier molecular flexibility index (Phi) is 6.43. The van der Waals surface area contributed by atoms with Gasteiger partial charge >= 0.3 is 6.18 Å². The van der Waals surface area contributed by atoms with E-state index in [9.17, 15) is 27.2 Å². The van der Waals surface area contributed by atoms with Crippen molar-refractivity contribution in [1.82, 2.24) is 9.55 Å². The zero-order valence-corrected chi connectivity index (χ0v) is 18.9. The van der Waals surface area contributed by atoms with Crippen LogP contribution < -0.4 is 10.5 Å². The van der Waals surface area contributed by atoms with Crippen molar-refractivity contribution in [3.63, 3.8) is 0 Å². The number of rotatable bonds is 5. The van der Waals surface area contributed by atoms with Crippen LogP contribution >= 0.6 is 0 Å². The molecule has 0 bridgehead atoms. The Morgan fingerprint density at radius 1 is 1.03 bits per heavy atom. The van der Waals surface area contributed by atoms with Crippen molar-refractivity contribution in [2.24, 2.45) is 0 Å². The molecule has 180 valence electrons. The van der Waals surface area contributed by atoms with Crippen molar-refractivity contribution >= 4 is 22.4 Å². The third-order valence-electron chi connectivity index (χ3n) is 5.94. The highest BCUT2D eigenvalue weighted by Crippen LogP contribution is 2.33. The van der Waals surface area contributed by atoms with Gasteiger partial charge in [-0.25, -0.2) is 4.39 Å². The molecule has 2 heterocycles. The van der Waals surface area contributed by atoms with E-state index in [1.807, 2.05) is 19.1 Å². The Morgan fingerprint density at radius 2 is 1.77 bits per heavy atom. The molecule has 35 heavy (non-hydrogen) atoms. The van der Waals surface area contributed by atoms with E-state index >= 15 is 0 Å². The van der Waals surface area contributed by atoms with Gasteiger partial charge in [0.05, 0.1) is 29.4 Å². The molecule has 2 aromatic carbocycles. The van der Waals surface area contributed by atoms with E-state index in [1.54, 1.807) is 42.7 Å². The predicted octanol–water partition coefficient (Wildman–Crippen LogP) is 5.37. The number of anilines is 1. The highest BCUT2D eigenvalue weighted by molar-refractivity contribution is 6.03. The summed E-state index contributed by atoms with van der Waals surface area (Å²) in [6, 6.07) is 14.5. The summed E-state index contributed by atoms with van der Waals surface area (Å²) in [5.41, 5.74) is -0.968. The SMILES string of the molecule is CC(c1ccccn1)n1ccc2c(N(C)C(=O)Cc3cccc(C(F)(F)F)c3F)cccc2c1=O. The lowest BCUT2D eigenvalue weighted by Crippen LogP contribution is -2.29. The summed E-state index contributed by atoms with van der Waals surface area (Å²) in [5, 5.41) is 0.847. The highest BCUT2D eigenvalue weighted by Gasteiger charge is 2.35. The van der Waals surface area contributed by atoms with E-state index in [0.29, 0.717) is 28.2 Å². The minimum atomic E-state index is -4.86. The fraction of sp³-hybridized carbons (Fsp3) is 0.192. The van der Waals surface area contributed by atoms with Gasteiger partial charge in [0.25, 0.3) is 5.56 Å². The molecule has 0 fully saturated rings. The smallest absolute Gasteiger partial charge is 0.315 e. The second-order valence-corrected chi connectivity index (χ2v) is 8.10. The number of hydrogen-bond acceptors (Lipinski definition) is 3. The third-order valence-corrected chi connectivity index (χ3v) is 5.94. The summed E-state index contributed by atoms with van der Waals surface area (Å²) in [5.74, 6) is -2.09. The fourth-order valence-electron chi connectivity index (χ4n) is 3.99. The number of alkyl halides is 3. The molecule has 0 saturated heterocycles. The molecule has 5 nitrogen and oxygen atoms in total. The molecule has 1 unspecified atom stereocenters. The molecule has 4 aromatic rings. The van der Waals surface area contributed by atoms with Crippen LogP contribution in [-0.2, 0) is 17.4 Å². The van der Waals surface area contributed by atoms with E-state index in [0.717, 1.165) is 12.1 Å². The highest BCUT2D eigenvalue weighted by atomic mass is 19.4. The van der Waals surface area contributed by atoms with Gasteiger partial charge < -0.3 is 9.47 Å². The maximum atomic E-state index is 14.4. The Bertz CT molecular complexity index is 1450. The van der Waals surface area contributed by atoms with Gasteiger partial charge in [0.2, 0.25) is 5.91 Å². The zero-order chi connectivity index (χ0) is 25.3. The number of halogens is 4. The van der Waals surface area contributed by atoms with Crippen molar-refractivity contribution in [1.29, 1.82) is 0 Å². The second-order valence-electron chi connectivity index (χ2n) is 8.10. The van der Waals surface area contributed by atoms with E-state index in [2.05, 4.69) is 4.98 Å². The number of likely N-dealkylation sites (N-methyl/N-ethyl adjacent to an activating group) is 1. The van der Waals surface area contributed by atoms with E-state index in [1.165, 1.54) is 16.5 Å². The number of hydrogen-bond donors (Lipinski definition) is 0.